The van der Waals surface area contributed by atoms with Gasteiger partial charge in [0.25, 0.3) is 5.56 Å². The second kappa shape index (κ2) is 10.4. The molecule has 2 amide bonds. The average Bonchev–Trinajstić information content (AvgIpc) is 2.77. The number of carbonyl (C=O) groups is 2. The summed E-state index contributed by atoms with van der Waals surface area (Å²) in [5.74, 6) is 0.798. The lowest BCUT2D eigenvalue weighted by Crippen LogP contribution is -2.37. The third-order valence-electron chi connectivity index (χ3n) is 4.89. The molecule has 1 heterocycles. The van der Waals surface area contributed by atoms with Crippen LogP contribution in [0.2, 0.25) is 0 Å². The molecule has 162 valence electrons. The predicted molar refractivity (Wildman–Crippen MR) is 119 cm³/mol. The van der Waals surface area contributed by atoms with Crippen LogP contribution in [0.25, 0.3) is 10.9 Å². The van der Waals surface area contributed by atoms with Crippen molar-refractivity contribution in [3.05, 3.63) is 64.7 Å². The molecule has 0 saturated carbocycles. The smallest absolute Gasteiger partial charge is 0.258 e. The molecule has 2 aromatic carbocycles. The highest BCUT2D eigenvalue weighted by Crippen LogP contribution is 2.16. The molecule has 3 rings (SSSR count). The Bertz CT molecular complexity index is 1130. The van der Waals surface area contributed by atoms with Crippen LogP contribution in [0.4, 0.5) is 5.69 Å². The van der Waals surface area contributed by atoms with Gasteiger partial charge in [0, 0.05) is 31.1 Å². The molecule has 0 radical (unpaired) electrons. The molecule has 2 N–H and O–H groups in total. The van der Waals surface area contributed by atoms with Gasteiger partial charge in [-0.15, -0.1) is 0 Å². The van der Waals surface area contributed by atoms with Crippen LogP contribution < -0.4 is 15.6 Å². The van der Waals surface area contributed by atoms with Crippen molar-refractivity contribution >= 4 is 28.4 Å². The molecule has 8 heteroatoms. The quantitative estimate of drug-likeness (QED) is 0.552. The molecule has 0 spiro atoms. The number of amides is 2. The zero-order chi connectivity index (χ0) is 22.2. The van der Waals surface area contributed by atoms with Crippen molar-refractivity contribution in [3.63, 3.8) is 0 Å². The van der Waals surface area contributed by atoms with Crippen molar-refractivity contribution in [2.24, 2.45) is 0 Å². The molecule has 31 heavy (non-hydrogen) atoms. The van der Waals surface area contributed by atoms with E-state index in [-0.39, 0.29) is 30.3 Å². The van der Waals surface area contributed by atoms with Crippen LogP contribution in [-0.4, -0.2) is 46.9 Å². The van der Waals surface area contributed by atoms with Gasteiger partial charge < -0.3 is 19.9 Å². The summed E-state index contributed by atoms with van der Waals surface area (Å²) in [6.07, 6.45) is 1.25. The van der Waals surface area contributed by atoms with E-state index in [4.69, 9.17) is 4.74 Å². The molecule has 0 aliphatic carbocycles. The number of aromatic amines is 1. The number of benzene rings is 2. The van der Waals surface area contributed by atoms with E-state index < -0.39 is 0 Å². The molecule has 3 aromatic rings. The number of anilines is 1. The van der Waals surface area contributed by atoms with E-state index in [1.54, 1.807) is 49.6 Å². The van der Waals surface area contributed by atoms with Gasteiger partial charge in [-0.05, 0) is 37.6 Å². The average molecular weight is 422 g/mol. The number of hydrogen-bond donors (Lipinski definition) is 2. The van der Waals surface area contributed by atoms with Crippen LogP contribution in [0.1, 0.15) is 25.6 Å². The first-order chi connectivity index (χ1) is 15.0. The number of rotatable bonds is 9. The zero-order valence-corrected chi connectivity index (χ0v) is 17.7. The summed E-state index contributed by atoms with van der Waals surface area (Å²) in [6.45, 7) is 2.23. The van der Waals surface area contributed by atoms with Gasteiger partial charge in [-0.1, -0.05) is 18.2 Å². The Morgan fingerprint density at radius 2 is 1.97 bits per heavy atom. The first-order valence-corrected chi connectivity index (χ1v) is 10.2. The van der Waals surface area contributed by atoms with Crippen molar-refractivity contribution in [2.45, 2.75) is 26.2 Å². The van der Waals surface area contributed by atoms with E-state index in [1.165, 1.54) is 4.90 Å². The Hall–Kier alpha value is -3.68. The third-order valence-corrected chi connectivity index (χ3v) is 4.89. The lowest BCUT2D eigenvalue weighted by atomic mass is 10.2. The molecule has 1 aromatic heterocycles. The minimum Gasteiger partial charge on any atom is -0.497 e. The molecular weight excluding hydrogens is 396 g/mol. The fourth-order valence-corrected chi connectivity index (χ4v) is 3.27. The topological polar surface area (TPSA) is 104 Å². The summed E-state index contributed by atoms with van der Waals surface area (Å²) in [4.78, 5) is 45.8. The summed E-state index contributed by atoms with van der Waals surface area (Å²) < 4.78 is 5.15. The Balaban J connectivity index is 1.52. The second-order valence-corrected chi connectivity index (χ2v) is 7.07. The number of ether oxygens (including phenoxy) is 1. The Labute approximate surface area is 180 Å². The number of aryl methyl sites for hydroxylation is 1. The maximum Gasteiger partial charge on any atom is 0.258 e. The fraction of sp³-hybridized carbons (Fsp3) is 0.304. The van der Waals surface area contributed by atoms with Crippen LogP contribution in [-0.2, 0) is 16.0 Å². The Morgan fingerprint density at radius 1 is 1.16 bits per heavy atom. The molecule has 0 aliphatic rings. The van der Waals surface area contributed by atoms with Gasteiger partial charge in [0.15, 0.2) is 0 Å². The third kappa shape index (κ3) is 5.91. The normalized spacial score (nSPS) is 10.6. The highest BCUT2D eigenvalue weighted by molar-refractivity contribution is 5.94. The van der Waals surface area contributed by atoms with E-state index in [9.17, 15) is 14.4 Å². The number of nitrogens with one attached hydrogen (secondary N) is 2. The maximum absolute atomic E-state index is 12.6. The molecule has 0 unspecified atom stereocenters. The number of para-hydroxylation sites is 1. The largest absolute Gasteiger partial charge is 0.497 e. The van der Waals surface area contributed by atoms with Gasteiger partial charge in [-0.2, -0.15) is 0 Å². The van der Waals surface area contributed by atoms with Crippen LogP contribution in [0, 0.1) is 0 Å². The van der Waals surface area contributed by atoms with Crippen molar-refractivity contribution in [2.75, 3.05) is 25.5 Å². The molecule has 0 bridgehead atoms. The first kappa shape index (κ1) is 22.0. The monoisotopic (exact) mass is 422 g/mol. The molecular formula is C23H26N4O4. The number of methoxy groups -OCH3 is 1. The van der Waals surface area contributed by atoms with Crippen molar-refractivity contribution < 1.29 is 14.3 Å². The minimum atomic E-state index is -0.274. The van der Waals surface area contributed by atoms with E-state index in [0.29, 0.717) is 47.6 Å². The fourth-order valence-electron chi connectivity index (χ4n) is 3.27. The summed E-state index contributed by atoms with van der Waals surface area (Å²) in [7, 11) is 1.56. The van der Waals surface area contributed by atoms with Crippen molar-refractivity contribution in [1.82, 2.24) is 14.9 Å². The highest BCUT2D eigenvalue weighted by Gasteiger charge is 2.16. The van der Waals surface area contributed by atoms with Crippen molar-refractivity contribution in [3.8, 4) is 5.75 Å². The highest BCUT2D eigenvalue weighted by atomic mass is 16.5. The summed E-state index contributed by atoms with van der Waals surface area (Å²) in [6, 6.07) is 14.2. The van der Waals surface area contributed by atoms with Gasteiger partial charge in [0.05, 0.1) is 24.6 Å². The summed E-state index contributed by atoms with van der Waals surface area (Å²) in [5.41, 5.74) is 1.06. The number of aromatic nitrogens is 2. The Kier molecular flexibility index (Phi) is 7.37. The standard InChI is InChI=1S/C23H26N4O4/c1-3-27(15-21(28)24-16-8-6-9-17(14-16)31-2)22(29)13-7-12-20-25-19-11-5-4-10-18(19)23(30)26-20/h4-6,8-11,14H,3,7,12-13,15H2,1-2H3,(H,24,28)(H,25,26,30). The van der Waals surface area contributed by atoms with Gasteiger partial charge >= 0.3 is 0 Å². The molecule has 0 atom stereocenters. The van der Waals surface area contributed by atoms with Crippen LogP contribution >= 0.6 is 0 Å². The van der Waals surface area contributed by atoms with E-state index in [1.807, 2.05) is 13.0 Å². The number of likely N-dealkylation sites (N-methyl/N-ethyl adjacent to an activating group) is 1. The van der Waals surface area contributed by atoms with Crippen LogP contribution in [0.3, 0.4) is 0 Å². The minimum absolute atomic E-state index is 0.0302. The van der Waals surface area contributed by atoms with Gasteiger partial charge in [0.1, 0.15) is 11.6 Å². The number of fused-ring (bicyclic) bond motifs is 1. The van der Waals surface area contributed by atoms with Gasteiger partial charge in [-0.3, -0.25) is 14.4 Å². The first-order valence-electron chi connectivity index (χ1n) is 10.2. The predicted octanol–water partition coefficient (Wildman–Crippen LogP) is 2.74. The van der Waals surface area contributed by atoms with Gasteiger partial charge in [-0.25, -0.2) is 4.98 Å². The molecule has 8 nitrogen and oxygen atoms in total. The molecule has 0 fully saturated rings. The number of carbonyl (C=O) groups excluding carboxylic acids is 2. The summed E-state index contributed by atoms with van der Waals surface area (Å²) >= 11 is 0. The van der Waals surface area contributed by atoms with Crippen LogP contribution in [0.15, 0.2) is 53.3 Å². The number of hydrogen-bond acceptors (Lipinski definition) is 5. The van der Waals surface area contributed by atoms with Gasteiger partial charge in [0.2, 0.25) is 11.8 Å². The maximum atomic E-state index is 12.6. The van der Waals surface area contributed by atoms with Crippen molar-refractivity contribution in [1.29, 1.82) is 0 Å². The van der Waals surface area contributed by atoms with E-state index in [2.05, 4.69) is 15.3 Å². The lowest BCUT2D eigenvalue weighted by molar-refractivity contribution is -0.134. The SMILES string of the molecule is CCN(CC(=O)Nc1cccc(OC)c1)C(=O)CCCc1nc2ccccc2c(=O)[nH]1. The summed E-state index contributed by atoms with van der Waals surface area (Å²) in [5, 5.41) is 3.32. The number of H-pyrrole nitrogens is 1. The Morgan fingerprint density at radius 3 is 2.74 bits per heavy atom. The van der Waals surface area contributed by atoms with E-state index >= 15 is 0 Å². The zero-order valence-electron chi connectivity index (χ0n) is 17.7. The molecule has 0 aliphatic heterocycles. The molecule has 0 saturated heterocycles. The van der Waals surface area contributed by atoms with E-state index in [0.717, 1.165) is 0 Å². The second-order valence-electron chi connectivity index (χ2n) is 7.07. The van der Waals surface area contributed by atoms with Crippen LogP contribution in [0.5, 0.6) is 5.75 Å². The lowest BCUT2D eigenvalue weighted by Gasteiger charge is -2.20. The number of nitrogens with zero attached hydrogens (tertiary/aromatic N) is 2.